The van der Waals surface area contributed by atoms with Gasteiger partial charge in [0.15, 0.2) is 0 Å². The van der Waals surface area contributed by atoms with Crippen LogP contribution in [0.25, 0.3) is 0 Å². The lowest BCUT2D eigenvalue weighted by Gasteiger charge is -2.39. The third-order valence-electron chi connectivity index (χ3n) is 11.2. The highest BCUT2D eigenvalue weighted by atomic mass is 16.2. The molecule has 52 heavy (non-hydrogen) atoms. The van der Waals surface area contributed by atoms with Crippen molar-refractivity contribution in [1.82, 2.24) is 31.1 Å². The van der Waals surface area contributed by atoms with Gasteiger partial charge in [-0.2, -0.15) is 0 Å². The molecule has 3 rings (SSSR count). The number of nitrogens with zero attached hydrogens (tertiary/aromatic N) is 2. The summed E-state index contributed by atoms with van der Waals surface area (Å²) < 4.78 is 0. The van der Waals surface area contributed by atoms with E-state index in [1.807, 2.05) is 25.7 Å². The highest BCUT2D eigenvalue weighted by Crippen LogP contribution is 2.34. The second-order valence-electron chi connectivity index (χ2n) is 17.0. The number of urea groups is 1. The molecule has 2 saturated heterocycles. The number of rotatable bonds is 18. The molecule has 4 N–H and O–H groups in total. The van der Waals surface area contributed by atoms with Crippen molar-refractivity contribution >= 4 is 35.4 Å². The number of carbonyl (C=O) groups excluding carboxylic acids is 6. The second-order valence-corrected chi connectivity index (χ2v) is 17.0. The molecule has 1 saturated carbocycles. The van der Waals surface area contributed by atoms with E-state index in [2.05, 4.69) is 42.0 Å². The molecule has 1 aliphatic carbocycles. The van der Waals surface area contributed by atoms with Crippen LogP contribution in [0.15, 0.2) is 0 Å². The molecular weight excluding hydrogens is 660 g/mol. The molecule has 1 unspecified atom stereocenters. The number of Topliss-reactive ketones (excluding diaryl/α,β-unsaturated/α-hetero) is 1. The topological polar surface area (TPSA) is 157 Å². The number of nitrogens with one attached hydrogen (secondary N) is 4. The third kappa shape index (κ3) is 12.7. The molecule has 0 aromatic carbocycles. The van der Waals surface area contributed by atoms with Crippen molar-refractivity contribution in [2.45, 2.75) is 169 Å². The Labute approximate surface area is 313 Å². The number of likely N-dealkylation sites (tertiary alicyclic amines) is 2. The van der Waals surface area contributed by atoms with Gasteiger partial charge in [0.1, 0.15) is 12.1 Å². The molecule has 0 aromatic rings. The average Bonchev–Trinajstić information content (AvgIpc) is 3.51. The van der Waals surface area contributed by atoms with Crippen molar-refractivity contribution in [2.75, 3.05) is 26.2 Å². The van der Waals surface area contributed by atoms with Crippen LogP contribution in [0.4, 0.5) is 4.79 Å². The Kier molecular flexibility index (Phi) is 17.4. The Balaban J connectivity index is 1.87. The lowest BCUT2D eigenvalue weighted by atomic mass is 9.83. The number of piperidine rings is 1. The monoisotopic (exact) mass is 731 g/mol. The van der Waals surface area contributed by atoms with Gasteiger partial charge in [-0.1, -0.05) is 86.5 Å². The number of amides is 6. The van der Waals surface area contributed by atoms with Crippen LogP contribution in [0, 0.1) is 23.2 Å². The summed E-state index contributed by atoms with van der Waals surface area (Å²) in [6, 6.07) is -3.42. The lowest BCUT2D eigenvalue weighted by molar-refractivity contribution is -0.144. The summed E-state index contributed by atoms with van der Waals surface area (Å²) in [7, 11) is 0. The van der Waals surface area contributed by atoms with E-state index in [4.69, 9.17) is 0 Å². The standard InChI is InChI=1S/C40H70N6O6/c1-8-10-11-15-20-30(35(48)37(50)41-9-2)42-36(49)34-29(25-27(3)4)22-24-46(34)38(51)33(28-18-13-12-14-19-28)44-39(52)43-31(40(5,6)7)26-45-23-17-16-21-32(45)47/h27-31,33-34H,8-26H2,1-7H3,(H,41,50)(H,42,49)(H2,43,44,52)/t29-,30?,31-,33+,34+/m1/s1. The van der Waals surface area contributed by atoms with E-state index in [9.17, 15) is 28.8 Å². The molecule has 6 amide bonds. The SMILES string of the molecule is CCCCCCC(NC(=O)[C@@H]1[C@@H](CC(C)C)CCN1C(=O)[C@@H](NC(=O)N[C@H](CN1CCCCC1=O)C(C)(C)C)C1CCCCC1)C(=O)C(=O)NCC. The van der Waals surface area contributed by atoms with Gasteiger partial charge >= 0.3 is 6.03 Å². The quantitative estimate of drug-likeness (QED) is 0.114. The molecule has 296 valence electrons. The maximum absolute atomic E-state index is 14.7. The number of ketones is 1. The lowest BCUT2D eigenvalue weighted by Crippen LogP contribution is -2.61. The van der Waals surface area contributed by atoms with Crippen molar-refractivity contribution in [3.8, 4) is 0 Å². The number of unbranched alkanes of at least 4 members (excludes halogenated alkanes) is 3. The van der Waals surface area contributed by atoms with E-state index in [1.54, 1.807) is 11.8 Å². The highest BCUT2D eigenvalue weighted by Gasteiger charge is 2.46. The first-order valence-electron chi connectivity index (χ1n) is 20.4. The minimum Gasteiger partial charge on any atom is -0.350 e. The van der Waals surface area contributed by atoms with Gasteiger partial charge in [0.05, 0.1) is 12.1 Å². The van der Waals surface area contributed by atoms with E-state index in [-0.39, 0.29) is 41.0 Å². The molecule has 3 aliphatic rings. The summed E-state index contributed by atoms with van der Waals surface area (Å²) in [5.41, 5.74) is -0.347. The molecule has 0 radical (unpaired) electrons. The zero-order chi connectivity index (χ0) is 38.4. The molecule has 2 aliphatic heterocycles. The molecule has 0 bridgehead atoms. The predicted octanol–water partition coefficient (Wildman–Crippen LogP) is 5.09. The number of carbonyl (C=O) groups is 6. The Bertz CT molecular complexity index is 1210. The van der Waals surface area contributed by atoms with Gasteiger partial charge in [-0.15, -0.1) is 0 Å². The molecule has 2 heterocycles. The Morgan fingerprint density at radius 2 is 1.56 bits per heavy atom. The molecule has 12 heteroatoms. The maximum atomic E-state index is 14.7. The maximum Gasteiger partial charge on any atom is 0.315 e. The average molecular weight is 731 g/mol. The molecule has 3 fully saturated rings. The number of likely N-dealkylation sites (N-methyl/N-ethyl adjacent to an activating group) is 1. The van der Waals surface area contributed by atoms with Crippen molar-refractivity contribution < 1.29 is 28.8 Å². The van der Waals surface area contributed by atoms with Crippen LogP contribution in [0.1, 0.15) is 145 Å². The minimum absolute atomic E-state index is 0.0812. The van der Waals surface area contributed by atoms with Gasteiger partial charge in [-0.05, 0) is 75.0 Å². The molecule has 5 atom stereocenters. The van der Waals surface area contributed by atoms with E-state index in [0.29, 0.717) is 51.9 Å². The Morgan fingerprint density at radius 1 is 0.846 bits per heavy atom. The van der Waals surface area contributed by atoms with Gasteiger partial charge in [0.2, 0.25) is 23.5 Å². The van der Waals surface area contributed by atoms with E-state index < -0.39 is 41.8 Å². The highest BCUT2D eigenvalue weighted by molar-refractivity contribution is 6.38. The fraction of sp³-hybridized carbons (Fsp3) is 0.850. The van der Waals surface area contributed by atoms with Crippen LogP contribution in [0.5, 0.6) is 0 Å². The summed E-state index contributed by atoms with van der Waals surface area (Å²) in [4.78, 5) is 85.0. The second kappa shape index (κ2) is 20.9. The van der Waals surface area contributed by atoms with Crippen LogP contribution in [-0.4, -0.2) is 95.6 Å². The summed E-state index contributed by atoms with van der Waals surface area (Å²) in [6.07, 6.45) is 12.2. The molecule has 12 nitrogen and oxygen atoms in total. The Morgan fingerprint density at radius 3 is 2.17 bits per heavy atom. The fourth-order valence-electron chi connectivity index (χ4n) is 8.20. The normalized spacial score (nSPS) is 21.7. The van der Waals surface area contributed by atoms with Crippen LogP contribution in [0.3, 0.4) is 0 Å². The van der Waals surface area contributed by atoms with Gasteiger partial charge in [0.25, 0.3) is 5.91 Å². The smallest absolute Gasteiger partial charge is 0.315 e. The minimum atomic E-state index is -0.979. The summed E-state index contributed by atoms with van der Waals surface area (Å²) >= 11 is 0. The van der Waals surface area contributed by atoms with E-state index in [0.717, 1.165) is 70.6 Å². The third-order valence-corrected chi connectivity index (χ3v) is 11.2. The number of hydrogen-bond acceptors (Lipinski definition) is 6. The van der Waals surface area contributed by atoms with Gasteiger partial charge in [-0.25, -0.2) is 4.79 Å². The van der Waals surface area contributed by atoms with E-state index in [1.165, 1.54) is 0 Å². The number of hydrogen-bond donors (Lipinski definition) is 4. The fourth-order valence-corrected chi connectivity index (χ4v) is 8.20. The zero-order valence-electron chi connectivity index (χ0n) is 33.3. The van der Waals surface area contributed by atoms with Crippen LogP contribution < -0.4 is 21.3 Å². The summed E-state index contributed by atoms with van der Waals surface area (Å²) in [6.45, 7) is 15.9. The van der Waals surface area contributed by atoms with Gasteiger partial charge < -0.3 is 31.1 Å². The predicted molar refractivity (Wildman–Crippen MR) is 203 cm³/mol. The molecule has 0 aromatic heterocycles. The van der Waals surface area contributed by atoms with Crippen molar-refractivity contribution in [3.05, 3.63) is 0 Å². The zero-order valence-corrected chi connectivity index (χ0v) is 33.3. The molecular formula is C40H70N6O6. The van der Waals surface area contributed by atoms with E-state index >= 15 is 0 Å². The van der Waals surface area contributed by atoms with Gasteiger partial charge in [0, 0.05) is 32.6 Å². The largest absolute Gasteiger partial charge is 0.350 e. The summed E-state index contributed by atoms with van der Waals surface area (Å²) in [5.74, 6) is -1.91. The first-order chi connectivity index (χ1) is 24.7. The van der Waals surface area contributed by atoms with Crippen molar-refractivity contribution in [2.24, 2.45) is 23.2 Å². The first-order valence-corrected chi connectivity index (χ1v) is 20.4. The van der Waals surface area contributed by atoms with Crippen LogP contribution >= 0.6 is 0 Å². The first kappa shape index (κ1) is 43.2. The van der Waals surface area contributed by atoms with Crippen molar-refractivity contribution in [1.29, 1.82) is 0 Å². The Hall–Kier alpha value is -3.18. The molecule has 0 spiro atoms. The van der Waals surface area contributed by atoms with Gasteiger partial charge in [-0.3, -0.25) is 24.0 Å². The van der Waals surface area contributed by atoms with Crippen LogP contribution in [-0.2, 0) is 24.0 Å². The van der Waals surface area contributed by atoms with Crippen LogP contribution in [0.2, 0.25) is 0 Å². The van der Waals surface area contributed by atoms with Crippen molar-refractivity contribution in [3.63, 3.8) is 0 Å². The summed E-state index contributed by atoms with van der Waals surface area (Å²) in [5, 5.41) is 11.7.